The molecule has 0 aliphatic carbocycles. The Morgan fingerprint density at radius 1 is 1.00 bits per heavy atom. The average Bonchev–Trinajstić information content (AvgIpc) is 2.96. The van der Waals surface area contributed by atoms with Crippen molar-refractivity contribution < 1.29 is 26.1 Å². The van der Waals surface area contributed by atoms with Crippen LogP contribution in [0.4, 0.5) is 13.2 Å². The highest BCUT2D eigenvalue weighted by atomic mass is 32.2. The normalized spacial score (nSPS) is 18.9. The second kappa shape index (κ2) is 12.9. The van der Waals surface area contributed by atoms with Gasteiger partial charge < -0.3 is 4.90 Å². The highest BCUT2D eigenvalue weighted by Crippen LogP contribution is 2.21. The molecule has 0 aromatic carbocycles. The Kier molecular flexibility index (Phi) is 12.7. The maximum absolute atomic E-state index is 10.7. The third-order valence-electron chi connectivity index (χ3n) is 4.57. The van der Waals surface area contributed by atoms with Crippen molar-refractivity contribution in [2.75, 3.05) is 19.6 Å². The smallest absolute Gasteiger partial charge is 0.303 e. The summed E-state index contributed by atoms with van der Waals surface area (Å²) in [6.45, 7) is 8.75. The van der Waals surface area contributed by atoms with E-state index in [9.17, 15) is 13.2 Å². The van der Waals surface area contributed by atoms with Gasteiger partial charge in [-0.05, 0) is 31.8 Å². The molecule has 1 heterocycles. The van der Waals surface area contributed by atoms with E-state index in [2.05, 4.69) is 18.7 Å². The Labute approximate surface area is 150 Å². The van der Waals surface area contributed by atoms with Gasteiger partial charge in [0.25, 0.3) is 0 Å². The third kappa shape index (κ3) is 12.6. The van der Waals surface area contributed by atoms with Crippen LogP contribution in [0.2, 0.25) is 0 Å². The van der Waals surface area contributed by atoms with E-state index in [1.165, 1.54) is 83.8 Å². The van der Waals surface area contributed by atoms with E-state index < -0.39 is 15.6 Å². The van der Waals surface area contributed by atoms with Crippen molar-refractivity contribution in [2.45, 2.75) is 83.6 Å². The summed E-state index contributed by atoms with van der Waals surface area (Å²) in [6, 6.07) is 0. The largest absolute Gasteiger partial charge is 0.522 e. The van der Waals surface area contributed by atoms with E-state index in [0.717, 1.165) is 5.92 Å². The second-order valence-electron chi connectivity index (χ2n) is 6.76. The number of rotatable bonds is 10. The first-order valence-corrected chi connectivity index (χ1v) is 10.8. The van der Waals surface area contributed by atoms with E-state index >= 15 is 0 Å². The fourth-order valence-electron chi connectivity index (χ4n) is 2.92. The number of alkyl halides is 3. The first-order chi connectivity index (χ1) is 11.6. The molecule has 0 amide bonds. The maximum Gasteiger partial charge on any atom is 0.522 e. The van der Waals surface area contributed by atoms with Gasteiger partial charge >= 0.3 is 15.6 Å². The summed E-state index contributed by atoms with van der Waals surface area (Å²) in [6.07, 6.45) is 14.4. The minimum atomic E-state index is -5.84. The molecule has 0 spiro atoms. The van der Waals surface area contributed by atoms with Gasteiger partial charge in [0.1, 0.15) is 0 Å². The summed E-state index contributed by atoms with van der Waals surface area (Å²) in [5.41, 5.74) is -5.53. The number of nitrogens with zero attached hydrogens (tertiary/aromatic N) is 1. The van der Waals surface area contributed by atoms with Crippen molar-refractivity contribution in [2.24, 2.45) is 5.92 Å². The lowest BCUT2D eigenvalue weighted by Gasteiger charge is -2.15. The quantitative estimate of drug-likeness (QED) is 0.315. The molecule has 1 saturated heterocycles. The molecule has 1 aliphatic rings. The lowest BCUT2D eigenvalue weighted by Crippen LogP contribution is -2.21. The number of hydrogen-bond acceptors (Lipinski definition) is 3. The highest BCUT2D eigenvalue weighted by molar-refractivity contribution is 7.86. The van der Waals surface area contributed by atoms with Crippen LogP contribution in [0.15, 0.2) is 0 Å². The fraction of sp³-hybridized carbons (Fsp3) is 1.00. The van der Waals surface area contributed by atoms with Gasteiger partial charge in [-0.2, -0.15) is 21.6 Å². The van der Waals surface area contributed by atoms with Crippen molar-refractivity contribution in [3.8, 4) is 0 Å². The standard InChI is InChI=1S/C16H33N.CHF3O3S/c1-3-5-6-7-8-9-10-11-13-17-14-12-16(4-2)15-17;2-1(3,4)8(5,6)7/h16H,3-15H2,1-2H3;(H,5,6,7). The van der Waals surface area contributed by atoms with Crippen LogP contribution in [-0.2, 0) is 10.1 Å². The zero-order valence-corrected chi connectivity index (χ0v) is 16.3. The molecule has 0 aromatic rings. The lowest BCUT2D eigenvalue weighted by molar-refractivity contribution is -0.0510. The van der Waals surface area contributed by atoms with Crippen LogP contribution in [0, 0.1) is 5.92 Å². The molecule has 25 heavy (non-hydrogen) atoms. The Morgan fingerprint density at radius 3 is 1.88 bits per heavy atom. The summed E-state index contributed by atoms with van der Waals surface area (Å²) in [5, 5.41) is 0. The molecular formula is C17H34F3NO3S. The molecule has 1 fully saturated rings. The van der Waals surface area contributed by atoms with E-state index in [1.807, 2.05) is 0 Å². The molecular weight excluding hydrogens is 355 g/mol. The van der Waals surface area contributed by atoms with Crippen molar-refractivity contribution in [1.82, 2.24) is 4.90 Å². The van der Waals surface area contributed by atoms with E-state index in [4.69, 9.17) is 13.0 Å². The van der Waals surface area contributed by atoms with Gasteiger partial charge in [0.2, 0.25) is 0 Å². The third-order valence-corrected chi connectivity index (χ3v) is 5.15. The monoisotopic (exact) mass is 389 g/mol. The molecule has 1 unspecified atom stereocenters. The van der Waals surface area contributed by atoms with Crippen LogP contribution in [0.25, 0.3) is 0 Å². The Balaban J connectivity index is 0.000000609. The van der Waals surface area contributed by atoms with Crippen LogP contribution in [-0.4, -0.2) is 43.0 Å². The minimum absolute atomic E-state index is 1.00. The van der Waals surface area contributed by atoms with E-state index in [-0.39, 0.29) is 0 Å². The predicted molar refractivity (Wildman–Crippen MR) is 95.1 cm³/mol. The minimum Gasteiger partial charge on any atom is -0.303 e. The summed E-state index contributed by atoms with van der Waals surface area (Å²) < 4.78 is 57.5. The van der Waals surface area contributed by atoms with Gasteiger partial charge in [0.05, 0.1) is 0 Å². The number of halogens is 3. The van der Waals surface area contributed by atoms with Crippen molar-refractivity contribution >= 4 is 10.1 Å². The van der Waals surface area contributed by atoms with Gasteiger partial charge in [-0.3, -0.25) is 4.55 Å². The molecule has 0 bridgehead atoms. The molecule has 1 atom stereocenters. The van der Waals surface area contributed by atoms with Gasteiger partial charge in [-0.1, -0.05) is 65.2 Å². The van der Waals surface area contributed by atoms with Gasteiger partial charge in [-0.25, -0.2) is 0 Å². The molecule has 0 saturated carbocycles. The Morgan fingerprint density at radius 2 is 1.48 bits per heavy atom. The SMILES string of the molecule is CCCCCCCCCCN1CCC(CC)C1.O=S(=O)(O)C(F)(F)F. The predicted octanol–water partition coefficient (Wildman–Crippen LogP) is 5.25. The molecule has 1 aliphatic heterocycles. The molecule has 152 valence electrons. The molecule has 4 nitrogen and oxygen atoms in total. The summed E-state index contributed by atoms with van der Waals surface area (Å²) in [4.78, 5) is 2.69. The number of unbranched alkanes of at least 4 members (excludes halogenated alkanes) is 7. The van der Waals surface area contributed by atoms with Crippen LogP contribution in [0.3, 0.4) is 0 Å². The van der Waals surface area contributed by atoms with Crippen LogP contribution < -0.4 is 0 Å². The van der Waals surface area contributed by atoms with Gasteiger partial charge in [0.15, 0.2) is 0 Å². The first kappa shape index (κ1) is 24.7. The topological polar surface area (TPSA) is 57.6 Å². The lowest BCUT2D eigenvalue weighted by atomic mass is 10.1. The first-order valence-electron chi connectivity index (χ1n) is 9.37. The summed E-state index contributed by atoms with van der Waals surface area (Å²) >= 11 is 0. The maximum atomic E-state index is 10.7. The average molecular weight is 390 g/mol. The van der Waals surface area contributed by atoms with Gasteiger partial charge in [-0.15, -0.1) is 0 Å². The van der Waals surface area contributed by atoms with E-state index in [0.29, 0.717) is 0 Å². The van der Waals surface area contributed by atoms with E-state index in [1.54, 1.807) is 0 Å². The van der Waals surface area contributed by atoms with Crippen LogP contribution >= 0.6 is 0 Å². The van der Waals surface area contributed by atoms with Crippen LogP contribution in [0.5, 0.6) is 0 Å². The van der Waals surface area contributed by atoms with Crippen molar-refractivity contribution in [1.29, 1.82) is 0 Å². The second-order valence-corrected chi connectivity index (χ2v) is 8.17. The molecule has 0 aromatic heterocycles. The fourth-order valence-corrected chi connectivity index (χ4v) is 2.92. The van der Waals surface area contributed by atoms with Crippen LogP contribution in [0.1, 0.15) is 78.1 Å². The van der Waals surface area contributed by atoms with Crippen molar-refractivity contribution in [3.63, 3.8) is 0 Å². The Bertz CT molecular complexity index is 427. The molecule has 1 rings (SSSR count). The molecule has 8 heteroatoms. The molecule has 1 N–H and O–H groups in total. The zero-order chi connectivity index (χ0) is 19.3. The summed E-state index contributed by atoms with van der Waals surface area (Å²) in [7, 11) is -5.84. The van der Waals surface area contributed by atoms with Crippen molar-refractivity contribution in [3.05, 3.63) is 0 Å². The Hall–Kier alpha value is -0.340. The number of likely N-dealkylation sites (tertiary alicyclic amines) is 1. The highest BCUT2D eigenvalue weighted by Gasteiger charge is 2.44. The summed E-state index contributed by atoms with van der Waals surface area (Å²) in [5.74, 6) is 1.00. The van der Waals surface area contributed by atoms with Gasteiger partial charge in [0, 0.05) is 6.54 Å². The number of hydrogen-bond donors (Lipinski definition) is 1. The zero-order valence-electron chi connectivity index (χ0n) is 15.5. The molecule has 0 radical (unpaired) electrons.